The van der Waals surface area contributed by atoms with Crippen LogP contribution in [0.1, 0.15) is 5.56 Å². The molecule has 0 saturated carbocycles. The maximum Gasteiger partial charge on any atom is 0.127 e. The molecule has 0 N–H and O–H groups in total. The summed E-state index contributed by atoms with van der Waals surface area (Å²) >= 11 is 3.51. The summed E-state index contributed by atoms with van der Waals surface area (Å²) in [7, 11) is 0. The van der Waals surface area contributed by atoms with Crippen LogP contribution in [-0.4, -0.2) is 6.21 Å². The second-order valence-electron chi connectivity index (χ2n) is 4.69. The third-order valence-electron chi connectivity index (χ3n) is 3.07. The van der Waals surface area contributed by atoms with Crippen molar-refractivity contribution < 1.29 is 4.74 Å². The topological polar surface area (TPSA) is 21.6 Å². The van der Waals surface area contributed by atoms with Gasteiger partial charge in [0.2, 0.25) is 0 Å². The molecule has 0 spiro atoms. The molecule has 0 aliphatic carbocycles. The van der Waals surface area contributed by atoms with Gasteiger partial charge >= 0.3 is 0 Å². The zero-order valence-corrected chi connectivity index (χ0v) is 13.4. The van der Waals surface area contributed by atoms with Crippen LogP contribution in [0.4, 0.5) is 5.69 Å². The summed E-state index contributed by atoms with van der Waals surface area (Å²) in [5.41, 5.74) is 1.93. The van der Waals surface area contributed by atoms with Crippen LogP contribution in [0.5, 0.6) is 11.5 Å². The highest BCUT2D eigenvalue weighted by molar-refractivity contribution is 9.10. The Hall–Kier alpha value is -2.39. The molecule has 0 atom stereocenters. The van der Waals surface area contributed by atoms with Gasteiger partial charge in [0.15, 0.2) is 0 Å². The molecule has 3 aromatic rings. The van der Waals surface area contributed by atoms with Gasteiger partial charge in [0.05, 0.1) is 5.69 Å². The van der Waals surface area contributed by atoms with E-state index in [4.69, 9.17) is 4.74 Å². The molecule has 3 aromatic carbocycles. The van der Waals surface area contributed by atoms with Crippen molar-refractivity contribution in [3.63, 3.8) is 0 Å². The summed E-state index contributed by atoms with van der Waals surface area (Å²) in [4.78, 5) is 4.47. The highest BCUT2D eigenvalue weighted by atomic mass is 79.9. The maximum absolute atomic E-state index is 5.76. The van der Waals surface area contributed by atoms with E-state index < -0.39 is 0 Å². The van der Waals surface area contributed by atoms with Crippen LogP contribution in [0.25, 0.3) is 0 Å². The molecule has 3 rings (SSSR count). The van der Waals surface area contributed by atoms with Gasteiger partial charge in [0.25, 0.3) is 0 Å². The summed E-state index contributed by atoms with van der Waals surface area (Å²) in [6.45, 7) is 0. The summed E-state index contributed by atoms with van der Waals surface area (Å²) in [6.07, 6.45) is 1.84. The third kappa shape index (κ3) is 3.83. The fourth-order valence-corrected chi connectivity index (χ4v) is 2.34. The maximum atomic E-state index is 5.76. The van der Waals surface area contributed by atoms with Crippen molar-refractivity contribution in [1.29, 1.82) is 0 Å². The number of hydrogen-bond acceptors (Lipinski definition) is 2. The normalized spacial score (nSPS) is 10.8. The van der Waals surface area contributed by atoms with E-state index >= 15 is 0 Å². The summed E-state index contributed by atoms with van der Waals surface area (Å²) in [5.74, 6) is 1.62. The molecular weight excluding hydrogens is 338 g/mol. The quantitative estimate of drug-likeness (QED) is 0.528. The Kier molecular flexibility index (Phi) is 4.66. The number of para-hydroxylation sites is 1. The van der Waals surface area contributed by atoms with E-state index in [0.717, 1.165) is 27.2 Å². The molecule has 0 fully saturated rings. The second-order valence-corrected chi connectivity index (χ2v) is 5.54. The molecule has 3 heteroatoms. The first-order valence-electron chi connectivity index (χ1n) is 6.93. The molecule has 0 saturated heterocycles. The van der Waals surface area contributed by atoms with E-state index in [2.05, 4.69) is 20.9 Å². The average Bonchev–Trinajstić information content (AvgIpc) is 2.56. The third-order valence-corrected chi connectivity index (χ3v) is 3.80. The predicted molar refractivity (Wildman–Crippen MR) is 94.4 cm³/mol. The van der Waals surface area contributed by atoms with Gasteiger partial charge in [-0.15, -0.1) is 0 Å². The second kappa shape index (κ2) is 7.05. The van der Waals surface area contributed by atoms with E-state index in [1.165, 1.54) is 0 Å². The van der Waals surface area contributed by atoms with Crippen LogP contribution >= 0.6 is 15.9 Å². The Morgan fingerprint density at radius 3 is 2.09 bits per heavy atom. The van der Waals surface area contributed by atoms with Crippen LogP contribution in [0.2, 0.25) is 0 Å². The van der Waals surface area contributed by atoms with Crippen molar-refractivity contribution in [1.82, 2.24) is 0 Å². The van der Waals surface area contributed by atoms with Gasteiger partial charge in [-0.1, -0.05) is 52.3 Å². The van der Waals surface area contributed by atoms with Crippen molar-refractivity contribution in [3.05, 3.63) is 88.9 Å². The molecule has 2 nitrogen and oxygen atoms in total. The molecule has 108 valence electrons. The number of hydrogen-bond donors (Lipinski definition) is 0. The van der Waals surface area contributed by atoms with E-state index in [0.29, 0.717) is 0 Å². The first-order chi connectivity index (χ1) is 10.8. The minimum Gasteiger partial charge on any atom is -0.457 e. The van der Waals surface area contributed by atoms with E-state index in [9.17, 15) is 0 Å². The first kappa shape index (κ1) is 14.5. The van der Waals surface area contributed by atoms with Gasteiger partial charge in [-0.2, -0.15) is 0 Å². The van der Waals surface area contributed by atoms with Gasteiger partial charge < -0.3 is 4.74 Å². The number of nitrogens with zero attached hydrogens (tertiary/aromatic N) is 1. The van der Waals surface area contributed by atoms with Crippen molar-refractivity contribution in [2.75, 3.05) is 0 Å². The Labute approximate surface area is 138 Å². The minimum atomic E-state index is 0.797. The lowest BCUT2D eigenvalue weighted by Gasteiger charge is -2.05. The molecule has 22 heavy (non-hydrogen) atoms. The summed E-state index contributed by atoms with van der Waals surface area (Å²) < 4.78 is 6.79. The molecule has 0 amide bonds. The van der Waals surface area contributed by atoms with Crippen LogP contribution in [0.15, 0.2) is 88.3 Å². The number of halogens is 1. The van der Waals surface area contributed by atoms with Crippen LogP contribution in [0.3, 0.4) is 0 Å². The molecule has 0 radical (unpaired) electrons. The van der Waals surface area contributed by atoms with E-state index in [-0.39, 0.29) is 0 Å². The lowest BCUT2D eigenvalue weighted by atomic mass is 10.2. The van der Waals surface area contributed by atoms with E-state index in [1.807, 2.05) is 85.1 Å². The molecule has 0 bridgehead atoms. The van der Waals surface area contributed by atoms with Crippen molar-refractivity contribution >= 4 is 27.8 Å². The largest absolute Gasteiger partial charge is 0.457 e. The molecule has 0 aliphatic rings. The van der Waals surface area contributed by atoms with Gasteiger partial charge in [-0.3, -0.25) is 4.99 Å². The Balaban J connectivity index is 1.71. The van der Waals surface area contributed by atoms with Crippen LogP contribution in [0, 0.1) is 0 Å². The number of benzene rings is 3. The van der Waals surface area contributed by atoms with Crippen molar-refractivity contribution in [3.8, 4) is 11.5 Å². The Bertz CT molecular complexity index is 767. The van der Waals surface area contributed by atoms with Gasteiger partial charge in [0.1, 0.15) is 11.5 Å². The van der Waals surface area contributed by atoms with Crippen molar-refractivity contribution in [2.45, 2.75) is 0 Å². The van der Waals surface area contributed by atoms with Gasteiger partial charge in [-0.05, 0) is 42.5 Å². The monoisotopic (exact) mass is 351 g/mol. The molecule has 0 aromatic heterocycles. The lowest BCUT2D eigenvalue weighted by molar-refractivity contribution is 0.483. The molecule has 0 unspecified atom stereocenters. The highest BCUT2D eigenvalue weighted by Gasteiger charge is 1.97. The molecular formula is C19H14BrNO. The van der Waals surface area contributed by atoms with E-state index in [1.54, 1.807) is 0 Å². The molecule has 0 heterocycles. The molecule has 0 aliphatic heterocycles. The highest BCUT2D eigenvalue weighted by Crippen LogP contribution is 2.24. The standard InChI is InChI=1S/C19H14BrNO/c20-19-9-5-4-6-15(19)14-21-16-10-12-18(13-11-16)22-17-7-2-1-3-8-17/h1-14H. The lowest BCUT2D eigenvalue weighted by Crippen LogP contribution is -1.83. The predicted octanol–water partition coefficient (Wildman–Crippen LogP) is 5.99. The fourth-order valence-electron chi connectivity index (χ4n) is 1.95. The smallest absolute Gasteiger partial charge is 0.127 e. The zero-order chi connectivity index (χ0) is 15.2. The number of rotatable bonds is 4. The SMILES string of the molecule is Brc1ccccc1C=Nc1ccc(Oc2ccccc2)cc1. The minimum absolute atomic E-state index is 0.797. The summed E-state index contributed by atoms with van der Waals surface area (Å²) in [5, 5.41) is 0. The number of aliphatic imine (C=N–C) groups is 1. The summed E-state index contributed by atoms with van der Waals surface area (Å²) in [6, 6.07) is 25.4. The van der Waals surface area contributed by atoms with Gasteiger partial charge in [0, 0.05) is 16.3 Å². The van der Waals surface area contributed by atoms with Gasteiger partial charge in [-0.25, -0.2) is 0 Å². The average molecular weight is 352 g/mol. The Morgan fingerprint density at radius 1 is 0.727 bits per heavy atom. The first-order valence-corrected chi connectivity index (χ1v) is 7.72. The fraction of sp³-hybridized carbons (Fsp3) is 0. The van der Waals surface area contributed by atoms with Crippen LogP contribution in [-0.2, 0) is 0 Å². The number of ether oxygens (including phenoxy) is 1. The van der Waals surface area contributed by atoms with Crippen molar-refractivity contribution in [2.24, 2.45) is 4.99 Å². The van der Waals surface area contributed by atoms with Crippen LogP contribution < -0.4 is 4.74 Å². The zero-order valence-electron chi connectivity index (χ0n) is 11.8. The Morgan fingerprint density at radius 2 is 1.36 bits per heavy atom.